The van der Waals surface area contributed by atoms with Crippen molar-refractivity contribution in [2.75, 3.05) is 40.0 Å². The number of nitrogens with zero attached hydrogens (tertiary/aromatic N) is 2. The number of alkyl halides is 2. The van der Waals surface area contributed by atoms with Gasteiger partial charge >= 0.3 is 0 Å². The van der Waals surface area contributed by atoms with Crippen molar-refractivity contribution >= 4 is 0 Å². The van der Waals surface area contributed by atoms with Crippen LogP contribution in [0, 0.1) is 23.7 Å². The van der Waals surface area contributed by atoms with Crippen molar-refractivity contribution in [1.29, 1.82) is 0 Å². The molecule has 0 unspecified atom stereocenters. The lowest BCUT2D eigenvalue weighted by Gasteiger charge is -2.46. The molecule has 0 bridgehead atoms. The molecule has 2 aromatic rings. The molecule has 0 saturated carbocycles. The Kier molecular flexibility index (Phi) is 12.4. The van der Waals surface area contributed by atoms with Crippen LogP contribution in [-0.4, -0.2) is 82.4 Å². The second kappa shape index (κ2) is 22.1. The molecule has 0 aromatic heterocycles. The van der Waals surface area contributed by atoms with Gasteiger partial charge in [-0.25, -0.2) is 0 Å². The van der Waals surface area contributed by atoms with E-state index < -0.39 is 57.6 Å². The molecule has 2 saturated heterocycles. The molecule has 0 radical (unpaired) electrons. The number of hydrogen-bond donors (Lipinski definition) is 4. The fraction of sp³-hybridized carbons (Fsp3) is 0.739. The van der Waals surface area contributed by atoms with Crippen molar-refractivity contribution in [3.8, 4) is 0 Å². The summed E-state index contributed by atoms with van der Waals surface area (Å²) in [6.07, 6.45) is -10.7. The van der Waals surface area contributed by atoms with Gasteiger partial charge < -0.3 is 20.4 Å². The molecule has 0 spiro atoms. The van der Waals surface area contributed by atoms with Gasteiger partial charge in [0, 0.05) is 52.0 Å². The van der Waals surface area contributed by atoms with Crippen molar-refractivity contribution in [2.45, 2.75) is 155 Å². The topological polar surface area (TPSA) is 87.4 Å². The van der Waals surface area contributed by atoms with Crippen molar-refractivity contribution in [2.24, 2.45) is 23.7 Å². The van der Waals surface area contributed by atoms with Crippen LogP contribution in [0.15, 0.2) is 24.3 Å². The number of benzene rings is 2. The van der Waals surface area contributed by atoms with Crippen LogP contribution in [0.1, 0.15) is 165 Å². The van der Waals surface area contributed by atoms with E-state index in [-0.39, 0.29) is 43.1 Å². The fourth-order valence-electron chi connectivity index (χ4n) is 9.18. The predicted molar refractivity (Wildman–Crippen MR) is 217 cm³/mol. The highest BCUT2D eigenvalue weighted by atomic mass is 18.2. The normalized spacial score (nSPS) is 30.0. The van der Waals surface area contributed by atoms with Crippen molar-refractivity contribution < 1.29 is 45.7 Å². The maximum absolute atomic E-state index is 13.8. The van der Waals surface area contributed by atoms with E-state index in [4.69, 9.17) is 16.4 Å². The van der Waals surface area contributed by atoms with Gasteiger partial charge in [0.15, 0.2) is 0 Å². The first kappa shape index (κ1) is 30.2. The highest BCUT2D eigenvalue weighted by Crippen LogP contribution is 2.42. The van der Waals surface area contributed by atoms with E-state index in [9.17, 15) is 29.2 Å². The average molecular weight is 767 g/mol. The Morgan fingerprint density at radius 2 is 1.11 bits per heavy atom. The molecule has 0 aliphatic carbocycles. The van der Waals surface area contributed by atoms with Gasteiger partial charge in [0.1, 0.15) is 0 Å². The van der Waals surface area contributed by atoms with Gasteiger partial charge in [0.2, 0.25) is 0 Å². The van der Waals surface area contributed by atoms with Crippen LogP contribution in [0.2, 0.25) is 0 Å². The lowest BCUT2D eigenvalue weighted by Crippen LogP contribution is -2.48. The number of hydrogen-bond acceptors (Lipinski definition) is 6. The Bertz CT molecular complexity index is 1800. The summed E-state index contributed by atoms with van der Waals surface area (Å²) in [4.78, 5) is 4.77. The number of aliphatic hydroxyl groups is 4. The average Bonchev–Trinajstić information content (AvgIpc) is 3.20. The Balaban J connectivity index is 0.000000278. The molecule has 2 fully saturated rings. The molecule has 4 aliphatic heterocycles. The lowest BCUT2D eigenvalue weighted by atomic mass is 9.78. The Morgan fingerprint density at radius 3 is 1.48 bits per heavy atom. The standard InChI is InChI=1S/C23H37NO2.C22H34FNO2.CH3F/c1-4-5-6-7-17-11-18-8-9-24-14-19(10-16(2)3)23(26)13-22(24)21(18)12-20(17)15-25;1-15(2)9-18-13-24-8-6-17-10-16(5-3-4-7-23)19(14-25)11-20(17)21(24)12-22(18)26;1-2/h11-12,16,19,22-23,25-26H,4-10,13-15H2,1-3H3;10-11,15,18,21-22,25-26H,3-9,12-14H2,1-2H3;1H3/t19-,22-,23-;18-,21-,22-;/m11./s1/i4D2,5D2,6D2;3D2,4D2,7D2,23-1;2-1. The van der Waals surface area contributed by atoms with Gasteiger partial charge in [-0.3, -0.25) is 18.6 Å². The maximum atomic E-state index is 13.8. The number of rotatable bonds is 14. The first-order valence-corrected chi connectivity index (χ1v) is 19.8. The number of aliphatic hydroxyl groups excluding tert-OH is 4. The summed E-state index contributed by atoms with van der Waals surface area (Å²) in [7, 11) is 0.500. The third-order valence-electron chi connectivity index (χ3n) is 11.6. The Morgan fingerprint density at radius 1 is 0.685 bits per heavy atom. The largest absolute Gasteiger partial charge is 0.393 e. The molecule has 0 amide bonds. The van der Waals surface area contributed by atoms with E-state index in [1.807, 2.05) is 12.1 Å². The van der Waals surface area contributed by atoms with Crippen LogP contribution in [0.5, 0.6) is 0 Å². The Hall–Kier alpha value is -1.94. The molecule has 306 valence electrons. The smallest absolute Gasteiger partial charge is 0.0894 e. The molecule has 6 nitrogen and oxygen atoms in total. The molecule has 8 heteroatoms. The third-order valence-corrected chi connectivity index (χ3v) is 11.6. The number of fused-ring (bicyclic) bond motifs is 6. The van der Waals surface area contributed by atoms with E-state index in [0.717, 1.165) is 74.6 Å². The van der Waals surface area contributed by atoms with Crippen LogP contribution in [-0.2, 0) is 38.9 Å². The summed E-state index contributed by atoms with van der Waals surface area (Å²) >= 11 is 0. The van der Waals surface area contributed by atoms with Gasteiger partial charge in [-0.15, -0.1) is 0 Å². The van der Waals surface area contributed by atoms with E-state index in [2.05, 4.69) is 37.5 Å². The zero-order chi connectivity index (χ0) is 50.1. The maximum Gasteiger partial charge on any atom is 0.0894 e. The van der Waals surface area contributed by atoms with E-state index in [0.29, 0.717) is 60.5 Å². The van der Waals surface area contributed by atoms with Gasteiger partial charge in [-0.1, -0.05) is 71.6 Å². The SMILES string of the molecule is C[18F].[2H]C([2H])(C)C([2H])([2H])C([2H])([2H])Cc1cc2c(cc1CO)[C@H]1C[C@@H](O)[C@H](CC(C)C)CN1CC2.[2H]C([2H])([18F])C([2H])([2H])C([2H])([2H])Cc1cc2c(cc1CO)[C@H]1C[C@@H](O)[C@H](CC(C)C)CN1CC2. The summed E-state index contributed by atoms with van der Waals surface area (Å²) in [5.74, 6) is 1.49. The second-order valence-electron chi connectivity index (χ2n) is 16.2. The molecular weight excluding hydrogens is 681 g/mol. The molecule has 4 heterocycles. The van der Waals surface area contributed by atoms with Gasteiger partial charge in [-0.2, -0.15) is 0 Å². The summed E-state index contributed by atoms with van der Waals surface area (Å²) in [6.45, 7) is 8.43. The highest BCUT2D eigenvalue weighted by Gasteiger charge is 2.40. The first-order chi connectivity index (χ1) is 30.3. The quantitative estimate of drug-likeness (QED) is 0.154. The van der Waals surface area contributed by atoms with E-state index >= 15 is 0 Å². The van der Waals surface area contributed by atoms with Crippen molar-refractivity contribution in [3.63, 3.8) is 0 Å². The molecular formula is C46H74F2N2O4. The van der Waals surface area contributed by atoms with Crippen molar-refractivity contribution in [1.82, 2.24) is 9.80 Å². The van der Waals surface area contributed by atoms with Gasteiger partial charge in [0.25, 0.3) is 0 Å². The minimum absolute atomic E-state index is 0.000288. The third kappa shape index (κ3) is 11.6. The number of piperidine rings is 2. The van der Waals surface area contributed by atoms with E-state index in [1.54, 1.807) is 12.1 Å². The summed E-state index contributed by atoms with van der Waals surface area (Å²) in [6, 6.07) is 7.36. The summed E-state index contributed by atoms with van der Waals surface area (Å²) in [5.41, 5.74) is 5.87. The fourth-order valence-corrected chi connectivity index (χ4v) is 9.18. The second-order valence-corrected chi connectivity index (χ2v) is 16.2. The molecule has 4 aliphatic rings. The van der Waals surface area contributed by atoms with Crippen LogP contribution >= 0.6 is 0 Å². The minimum Gasteiger partial charge on any atom is -0.393 e. The minimum atomic E-state index is -3.85. The first-order valence-electron chi connectivity index (χ1n) is 25.8. The monoisotopic (exact) mass is 767 g/mol. The molecule has 6 atom stereocenters. The van der Waals surface area contributed by atoms with Crippen LogP contribution in [0.25, 0.3) is 0 Å². The number of aryl methyl sites for hydroxylation is 2. The van der Waals surface area contributed by atoms with Crippen LogP contribution in [0.3, 0.4) is 0 Å². The molecule has 4 N–H and O–H groups in total. The van der Waals surface area contributed by atoms with Crippen LogP contribution < -0.4 is 0 Å². The lowest BCUT2D eigenvalue weighted by molar-refractivity contribution is -0.0192. The zero-order valence-electron chi connectivity index (χ0n) is 45.3. The predicted octanol–water partition coefficient (Wildman–Crippen LogP) is 8.62. The van der Waals surface area contributed by atoms with Gasteiger partial charge in [0.05, 0.1) is 42.0 Å². The Labute approximate surface area is 343 Å². The molecule has 54 heavy (non-hydrogen) atoms. The highest BCUT2D eigenvalue weighted by molar-refractivity contribution is 5.43. The van der Waals surface area contributed by atoms with E-state index in [1.165, 1.54) is 0 Å². The summed E-state index contributed by atoms with van der Waals surface area (Å²) < 4.78 is 117. The molecule has 6 rings (SSSR count). The molecule has 2 aromatic carbocycles. The summed E-state index contributed by atoms with van der Waals surface area (Å²) in [5, 5.41) is 41.5. The van der Waals surface area contributed by atoms with Gasteiger partial charge in [-0.05, 0) is 139 Å². The van der Waals surface area contributed by atoms with Crippen molar-refractivity contribution in [3.05, 3.63) is 68.8 Å². The van der Waals surface area contributed by atoms with Crippen LogP contribution in [0.4, 0.5) is 8.78 Å². The number of halogens is 2. The zero-order valence-corrected chi connectivity index (χ0v) is 33.3.